The van der Waals surface area contributed by atoms with Gasteiger partial charge in [-0.05, 0) is 30.3 Å². The molecule has 0 aliphatic carbocycles. The van der Waals surface area contributed by atoms with Crippen LogP contribution in [0.4, 0.5) is 5.82 Å². The molecule has 4 rings (SSSR count). The predicted octanol–water partition coefficient (Wildman–Crippen LogP) is 5.26. The molecule has 0 saturated carbocycles. The van der Waals surface area contributed by atoms with Crippen LogP contribution in [-0.2, 0) is 0 Å². The number of rotatable bonds is 3. The highest BCUT2D eigenvalue weighted by Crippen LogP contribution is 2.38. The van der Waals surface area contributed by atoms with E-state index in [1.807, 2.05) is 36.4 Å². The number of halogens is 2. The second-order valence-electron chi connectivity index (χ2n) is 5.87. The fraction of sp³-hybridized carbons (Fsp3) is 0.0500. The van der Waals surface area contributed by atoms with Gasteiger partial charge in [-0.2, -0.15) is 0 Å². The van der Waals surface area contributed by atoms with Crippen LogP contribution in [0.2, 0.25) is 10.0 Å². The molecule has 0 aliphatic rings. The van der Waals surface area contributed by atoms with Crippen LogP contribution in [0.3, 0.4) is 0 Å². The monoisotopic (exact) mass is 396 g/mol. The first-order valence-corrected chi connectivity index (χ1v) is 8.83. The van der Waals surface area contributed by atoms with Gasteiger partial charge in [0.05, 0.1) is 18.2 Å². The van der Waals surface area contributed by atoms with Gasteiger partial charge in [-0.25, -0.2) is 15.0 Å². The van der Waals surface area contributed by atoms with Crippen LogP contribution in [0.25, 0.3) is 33.4 Å². The van der Waals surface area contributed by atoms with Gasteiger partial charge in [0.1, 0.15) is 17.9 Å². The van der Waals surface area contributed by atoms with Crippen molar-refractivity contribution in [1.29, 1.82) is 0 Å². The Kier molecular flexibility index (Phi) is 4.56. The highest BCUT2D eigenvalue weighted by Gasteiger charge is 2.16. The molecule has 0 bridgehead atoms. The molecule has 2 aromatic heterocycles. The number of methoxy groups -OCH3 is 1. The van der Waals surface area contributed by atoms with Crippen molar-refractivity contribution in [2.45, 2.75) is 0 Å². The Balaban J connectivity index is 2.04. The van der Waals surface area contributed by atoms with E-state index in [1.54, 1.807) is 19.2 Å². The summed E-state index contributed by atoms with van der Waals surface area (Å²) in [5, 5.41) is 1.71. The lowest BCUT2D eigenvalue weighted by Gasteiger charge is -2.13. The molecule has 4 aromatic rings. The topological polar surface area (TPSA) is 73.9 Å². The minimum atomic E-state index is 0.339. The van der Waals surface area contributed by atoms with Gasteiger partial charge < -0.3 is 10.5 Å². The summed E-state index contributed by atoms with van der Waals surface area (Å²) in [6.45, 7) is 0. The summed E-state index contributed by atoms with van der Waals surface area (Å²) >= 11 is 12.5. The minimum Gasteiger partial charge on any atom is -0.497 e. The zero-order chi connectivity index (χ0) is 19.0. The number of nitrogens with two attached hydrogens (primary N) is 1. The Labute approximate surface area is 165 Å². The van der Waals surface area contributed by atoms with Gasteiger partial charge in [0.25, 0.3) is 0 Å². The summed E-state index contributed by atoms with van der Waals surface area (Å²) in [7, 11) is 1.62. The second-order valence-corrected chi connectivity index (χ2v) is 6.71. The van der Waals surface area contributed by atoms with Crippen LogP contribution in [0.1, 0.15) is 0 Å². The third-order valence-corrected chi connectivity index (χ3v) is 4.77. The molecule has 2 aromatic carbocycles. The number of anilines is 1. The fourth-order valence-electron chi connectivity index (χ4n) is 2.94. The summed E-state index contributed by atoms with van der Waals surface area (Å²) in [4.78, 5) is 13.1. The van der Waals surface area contributed by atoms with Crippen LogP contribution < -0.4 is 10.5 Å². The van der Waals surface area contributed by atoms with Gasteiger partial charge >= 0.3 is 0 Å². The van der Waals surface area contributed by atoms with Crippen LogP contribution in [0.5, 0.6) is 5.75 Å². The van der Waals surface area contributed by atoms with E-state index in [0.717, 1.165) is 28.1 Å². The lowest BCUT2D eigenvalue weighted by Crippen LogP contribution is -1.99. The van der Waals surface area contributed by atoms with Crippen molar-refractivity contribution in [3.05, 3.63) is 64.9 Å². The van der Waals surface area contributed by atoms with Crippen molar-refractivity contribution < 1.29 is 4.74 Å². The van der Waals surface area contributed by atoms with Gasteiger partial charge in [-0.15, -0.1) is 0 Å². The number of benzene rings is 2. The number of ether oxygens (including phenoxy) is 1. The molecule has 134 valence electrons. The third kappa shape index (κ3) is 3.27. The van der Waals surface area contributed by atoms with Gasteiger partial charge in [0, 0.05) is 26.7 Å². The van der Waals surface area contributed by atoms with Gasteiger partial charge in [0.15, 0.2) is 5.65 Å². The molecule has 0 aliphatic heterocycles. The highest BCUT2D eigenvalue weighted by atomic mass is 35.5. The fourth-order valence-corrected chi connectivity index (χ4v) is 3.45. The number of pyridine rings is 1. The normalized spacial score (nSPS) is 10.9. The number of hydrogen-bond donors (Lipinski definition) is 1. The Morgan fingerprint density at radius 2 is 1.81 bits per heavy atom. The van der Waals surface area contributed by atoms with Crippen molar-refractivity contribution >= 4 is 40.1 Å². The molecule has 7 heteroatoms. The molecule has 0 spiro atoms. The molecule has 0 fully saturated rings. The van der Waals surface area contributed by atoms with Crippen LogP contribution in [-0.4, -0.2) is 22.1 Å². The summed E-state index contributed by atoms with van der Waals surface area (Å²) in [6, 6.07) is 14.9. The lowest BCUT2D eigenvalue weighted by atomic mass is 9.99. The first kappa shape index (κ1) is 17.5. The second kappa shape index (κ2) is 7.02. The van der Waals surface area contributed by atoms with E-state index < -0.39 is 0 Å². The molecule has 2 heterocycles. The summed E-state index contributed by atoms with van der Waals surface area (Å²) < 4.78 is 5.32. The molecule has 0 amide bonds. The van der Waals surface area contributed by atoms with Crippen LogP contribution in [0, 0.1) is 0 Å². The molecule has 5 nitrogen and oxygen atoms in total. The minimum absolute atomic E-state index is 0.339. The van der Waals surface area contributed by atoms with E-state index in [1.165, 1.54) is 6.33 Å². The number of nitrogens with zero attached hydrogens (tertiary/aromatic N) is 3. The maximum Gasteiger partial charge on any atom is 0.165 e. The predicted molar refractivity (Wildman–Crippen MR) is 109 cm³/mol. The third-order valence-electron chi connectivity index (χ3n) is 4.22. The Hall–Kier alpha value is -2.89. The highest BCUT2D eigenvalue weighted by molar-refractivity contribution is 6.36. The number of aromatic nitrogens is 3. The molecular formula is C20H14Cl2N4O. The lowest BCUT2D eigenvalue weighted by molar-refractivity contribution is 0.415. The van der Waals surface area contributed by atoms with Gasteiger partial charge in [-0.1, -0.05) is 41.4 Å². The van der Waals surface area contributed by atoms with Crippen molar-refractivity contribution in [3.8, 4) is 28.1 Å². The summed E-state index contributed by atoms with van der Waals surface area (Å²) in [5.74, 6) is 1.08. The Bertz CT molecular complexity index is 1160. The van der Waals surface area contributed by atoms with Crippen molar-refractivity contribution in [2.75, 3.05) is 12.8 Å². The zero-order valence-electron chi connectivity index (χ0n) is 14.3. The molecule has 0 atom stereocenters. The maximum atomic E-state index is 6.46. The first-order valence-electron chi connectivity index (χ1n) is 8.08. The number of fused-ring (bicyclic) bond motifs is 1. The average Bonchev–Trinajstić information content (AvgIpc) is 2.67. The Morgan fingerprint density at radius 3 is 2.59 bits per heavy atom. The molecule has 2 N–H and O–H groups in total. The van der Waals surface area contributed by atoms with E-state index >= 15 is 0 Å². The molecule has 0 unspecified atom stereocenters. The van der Waals surface area contributed by atoms with E-state index in [-0.39, 0.29) is 0 Å². The zero-order valence-corrected chi connectivity index (χ0v) is 15.8. The van der Waals surface area contributed by atoms with Gasteiger partial charge in [0.2, 0.25) is 0 Å². The average molecular weight is 397 g/mol. The SMILES string of the molecule is COc1cccc(-c2cc(-c3ccc(Cl)cc3Cl)c3c(N)ncnc3n2)c1. The standard InChI is InChI=1S/C20H14Cl2N4O/c1-27-13-4-2-3-11(7-13)17-9-15(14-6-5-12(21)8-16(14)22)18-19(23)24-10-25-20(18)26-17/h2-10H,1H3,(H2,23,24,25,26). The quantitative estimate of drug-likeness (QED) is 0.511. The van der Waals surface area contributed by atoms with Crippen LogP contribution in [0.15, 0.2) is 54.9 Å². The largest absolute Gasteiger partial charge is 0.497 e. The van der Waals surface area contributed by atoms with E-state index in [9.17, 15) is 0 Å². The summed E-state index contributed by atoms with van der Waals surface area (Å²) in [5.41, 5.74) is 9.80. The molecule has 0 saturated heterocycles. The van der Waals surface area contributed by atoms with Crippen molar-refractivity contribution in [2.24, 2.45) is 0 Å². The number of hydrogen-bond acceptors (Lipinski definition) is 5. The first-order chi connectivity index (χ1) is 13.1. The molecule has 27 heavy (non-hydrogen) atoms. The molecular weight excluding hydrogens is 383 g/mol. The maximum absolute atomic E-state index is 6.46. The van der Waals surface area contributed by atoms with E-state index in [2.05, 4.69) is 15.0 Å². The number of nitrogen functional groups attached to an aromatic ring is 1. The van der Waals surface area contributed by atoms with E-state index in [4.69, 9.17) is 33.7 Å². The van der Waals surface area contributed by atoms with Crippen molar-refractivity contribution in [3.63, 3.8) is 0 Å². The van der Waals surface area contributed by atoms with Crippen molar-refractivity contribution in [1.82, 2.24) is 15.0 Å². The smallest absolute Gasteiger partial charge is 0.165 e. The van der Waals surface area contributed by atoms with Crippen LogP contribution >= 0.6 is 23.2 Å². The summed E-state index contributed by atoms with van der Waals surface area (Å²) in [6.07, 6.45) is 1.40. The Morgan fingerprint density at radius 1 is 0.963 bits per heavy atom. The molecule has 0 radical (unpaired) electrons. The van der Waals surface area contributed by atoms with E-state index in [0.29, 0.717) is 26.9 Å². The van der Waals surface area contributed by atoms with Gasteiger partial charge in [-0.3, -0.25) is 0 Å².